The number of benzene rings is 1. The van der Waals surface area contributed by atoms with Crippen molar-refractivity contribution in [1.82, 2.24) is 9.80 Å². The average molecular weight is 307 g/mol. The van der Waals surface area contributed by atoms with Gasteiger partial charge in [-0.25, -0.2) is 9.18 Å². The highest BCUT2D eigenvalue weighted by Crippen LogP contribution is 2.24. The van der Waals surface area contributed by atoms with Crippen LogP contribution in [0, 0.1) is 18.7 Å². The van der Waals surface area contributed by atoms with E-state index in [-0.39, 0.29) is 17.9 Å². The maximum Gasteiger partial charge on any atom is 0.321 e. The molecule has 0 unspecified atom stereocenters. The van der Waals surface area contributed by atoms with Gasteiger partial charge in [0, 0.05) is 24.3 Å². The molecule has 1 heterocycles. The number of carbonyl (C=O) groups is 1. The summed E-state index contributed by atoms with van der Waals surface area (Å²) in [5.74, 6) is 0.212. The van der Waals surface area contributed by atoms with Crippen molar-refractivity contribution in [2.45, 2.75) is 32.7 Å². The van der Waals surface area contributed by atoms with Crippen molar-refractivity contribution < 1.29 is 9.18 Å². The molecule has 1 aromatic carbocycles. The third-order valence-electron chi connectivity index (χ3n) is 4.89. The first-order valence-corrected chi connectivity index (χ1v) is 7.87. The van der Waals surface area contributed by atoms with E-state index in [4.69, 9.17) is 0 Å². The van der Waals surface area contributed by atoms with Gasteiger partial charge in [0.1, 0.15) is 5.82 Å². The number of nitrogens with one attached hydrogen (secondary N) is 1. The molecule has 0 spiro atoms. The van der Waals surface area contributed by atoms with Gasteiger partial charge in [0.25, 0.3) is 0 Å². The van der Waals surface area contributed by atoms with Crippen LogP contribution in [0.1, 0.15) is 25.3 Å². The van der Waals surface area contributed by atoms with E-state index in [2.05, 4.69) is 24.2 Å². The van der Waals surface area contributed by atoms with Gasteiger partial charge in [-0.1, -0.05) is 6.07 Å². The van der Waals surface area contributed by atoms with Gasteiger partial charge >= 0.3 is 6.03 Å². The number of hydrogen-bond acceptors (Lipinski definition) is 2. The Hall–Kier alpha value is -1.62. The third kappa shape index (κ3) is 3.77. The largest absolute Gasteiger partial charge is 0.325 e. The summed E-state index contributed by atoms with van der Waals surface area (Å²) in [4.78, 5) is 16.5. The number of halogens is 1. The number of urea groups is 1. The van der Waals surface area contributed by atoms with Crippen LogP contribution in [0.15, 0.2) is 18.2 Å². The van der Waals surface area contributed by atoms with Gasteiger partial charge in [-0.2, -0.15) is 0 Å². The molecule has 1 aliphatic heterocycles. The Morgan fingerprint density at radius 1 is 1.41 bits per heavy atom. The Bertz CT molecular complexity index is 527. The molecule has 0 aromatic heterocycles. The van der Waals surface area contributed by atoms with Crippen LogP contribution in [-0.4, -0.2) is 49.1 Å². The van der Waals surface area contributed by atoms with Gasteiger partial charge in [-0.3, -0.25) is 0 Å². The van der Waals surface area contributed by atoms with E-state index < -0.39 is 0 Å². The van der Waals surface area contributed by atoms with Crippen molar-refractivity contribution in [2.24, 2.45) is 5.92 Å². The van der Waals surface area contributed by atoms with Gasteiger partial charge in [0.05, 0.1) is 0 Å². The van der Waals surface area contributed by atoms with Crippen molar-refractivity contribution in [3.05, 3.63) is 29.6 Å². The zero-order valence-corrected chi connectivity index (χ0v) is 13.9. The fourth-order valence-electron chi connectivity index (χ4n) is 2.96. The highest BCUT2D eigenvalue weighted by Gasteiger charge is 2.27. The molecule has 22 heavy (non-hydrogen) atoms. The van der Waals surface area contributed by atoms with Gasteiger partial charge in [0.15, 0.2) is 0 Å². The first-order chi connectivity index (χ1) is 10.4. The zero-order valence-electron chi connectivity index (χ0n) is 13.9. The van der Waals surface area contributed by atoms with Crippen LogP contribution in [-0.2, 0) is 0 Å². The molecule has 5 heteroatoms. The number of amides is 2. The van der Waals surface area contributed by atoms with Crippen LogP contribution in [0.3, 0.4) is 0 Å². The summed E-state index contributed by atoms with van der Waals surface area (Å²) < 4.78 is 13.5. The molecule has 0 aliphatic carbocycles. The van der Waals surface area contributed by atoms with E-state index in [9.17, 15) is 9.18 Å². The van der Waals surface area contributed by atoms with E-state index in [1.807, 2.05) is 7.05 Å². The lowest BCUT2D eigenvalue weighted by Crippen LogP contribution is -2.45. The predicted octanol–water partition coefficient (Wildman–Crippen LogP) is 3.33. The highest BCUT2D eigenvalue weighted by molar-refractivity contribution is 5.90. The first kappa shape index (κ1) is 16.7. The molecule has 0 saturated carbocycles. The van der Waals surface area contributed by atoms with Crippen molar-refractivity contribution >= 4 is 11.7 Å². The first-order valence-electron chi connectivity index (χ1n) is 7.87. The second-order valence-corrected chi connectivity index (χ2v) is 6.33. The summed E-state index contributed by atoms with van der Waals surface area (Å²) in [7, 11) is 3.94. The molecule has 1 aromatic rings. The van der Waals surface area contributed by atoms with Gasteiger partial charge in [-0.05, 0) is 64.9 Å². The molecular formula is C17H26FN3O. The summed E-state index contributed by atoms with van der Waals surface area (Å²) >= 11 is 0. The minimum absolute atomic E-state index is 0.169. The number of nitrogens with zero attached hydrogens (tertiary/aromatic N) is 2. The fraction of sp³-hybridized carbons (Fsp3) is 0.588. The van der Waals surface area contributed by atoms with E-state index in [0.29, 0.717) is 17.2 Å². The Kier molecular flexibility index (Phi) is 5.40. The smallest absolute Gasteiger partial charge is 0.321 e. The van der Waals surface area contributed by atoms with Gasteiger partial charge < -0.3 is 15.1 Å². The molecule has 1 atom stereocenters. The lowest BCUT2D eigenvalue weighted by molar-refractivity contribution is 0.138. The molecular weight excluding hydrogens is 281 g/mol. The second-order valence-electron chi connectivity index (χ2n) is 6.33. The highest BCUT2D eigenvalue weighted by atomic mass is 19.1. The summed E-state index contributed by atoms with van der Waals surface area (Å²) in [6.45, 7) is 5.92. The summed E-state index contributed by atoms with van der Waals surface area (Å²) in [6.07, 6.45) is 2.21. The minimum Gasteiger partial charge on any atom is -0.325 e. The van der Waals surface area contributed by atoms with Crippen LogP contribution in [0.25, 0.3) is 0 Å². The quantitative estimate of drug-likeness (QED) is 0.930. The van der Waals surface area contributed by atoms with Gasteiger partial charge in [-0.15, -0.1) is 0 Å². The lowest BCUT2D eigenvalue weighted by atomic mass is 9.90. The summed E-state index contributed by atoms with van der Waals surface area (Å²) in [5, 5.41) is 2.82. The number of piperidine rings is 1. The van der Waals surface area contributed by atoms with Crippen LogP contribution in [0.4, 0.5) is 14.9 Å². The number of anilines is 1. The molecule has 1 N–H and O–H groups in total. The van der Waals surface area contributed by atoms with Crippen molar-refractivity contribution in [1.29, 1.82) is 0 Å². The maximum absolute atomic E-state index is 13.5. The van der Waals surface area contributed by atoms with Crippen LogP contribution in [0.2, 0.25) is 0 Å². The van der Waals surface area contributed by atoms with E-state index in [1.165, 1.54) is 6.07 Å². The Morgan fingerprint density at radius 2 is 2.05 bits per heavy atom. The topological polar surface area (TPSA) is 35.6 Å². The van der Waals surface area contributed by atoms with E-state index >= 15 is 0 Å². The molecule has 1 aliphatic rings. The monoisotopic (exact) mass is 307 g/mol. The predicted molar refractivity (Wildman–Crippen MR) is 87.6 cm³/mol. The molecule has 2 rings (SSSR count). The number of carbonyl (C=O) groups excluding carboxylic acids is 1. The molecule has 4 nitrogen and oxygen atoms in total. The van der Waals surface area contributed by atoms with Crippen molar-refractivity contribution in [3.63, 3.8) is 0 Å². The summed E-state index contributed by atoms with van der Waals surface area (Å²) in [6, 6.07) is 4.72. The number of likely N-dealkylation sites (tertiary alicyclic amines) is 1. The minimum atomic E-state index is -0.302. The SMILES string of the molecule is Cc1c(F)cccc1NC(=O)N(C)[C@@H](C)C1CCN(C)CC1. The number of hydrogen-bond donors (Lipinski definition) is 1. The molecule has 0 radical (unpaired) electrons. The van der Waals surface area contributed by atoms with Crippen molar-refractivity contribution in [2.75, 3.05) is 32.5 Å². The maximum atomic E-state index is 13.5. The molecule has 2 amide bonds. The second kappa shape index (κ2) is 7.09. The molecule has 1 fully saturated rings. The van der Waals surface area contributed by atoms with E-state index in [1.54, 1.807) is 24.0 Å². The Labute approximate surface area is 132 Å². The Morgan fingerprint density at radius 3 is 2.68 bits per heavy atom. The fourth-order valence-corrected chi connectivity index (χ4v) is 2.96. The zero-order chi connectivity index (χ0) is 16.3. The average Bonchev–Trinajstić information content (AvgIpc) is 2.51. The van der Waals surface area contributed by atoms with Crippen LogP contribution < -0.4 is 5.32 Å². The summed E-state index contributed by atoms with van der Waals surface area (Å²) in [5.41, 5.74) is 1.00. The molecule has 0 bridgehead atoms. The molecule has 122 valence electrons. The van der Waals surface area contributed by atoms with Crippen LogP contribution in [0.5, 0.6) is 0 Å². The Balaban J connectivity index is 1.98. The number of rotatable bonds is 3. The normalized spacial score (nSPS) is 18.0. The van der Waals surface area contributed by atoms with Crippen LogP contribution >= 0.6 is 0 Å². The molecule has 1 saturated heterocycles. The van der Waals surface area contributed by atoms with Gasteiger partial charge in [0.2, 0.25) is 0 Å². The standard InChI is InChI=1S/C17H26FN3O/c1-12-15(18)6-5-7-16(12)19-17(22)21(4)13(2)14-8-10-20(3)11-9-14/h5-7,13-14H,8-11H2,1-4H3,(H,19,22)/t13-/m0/s1. The van der Waals surface area contributed by atoms with Crippen molar-refractivity contribution in [3.8, 4) is 0 Å². The lowest BCUT2D eigenvalue weighted by Gasteiger charge is -2.37. The van der Waals surface area contributed by atoms with E-state index in [0.717, 1.165) is 25.9 Å². The third-order valence-corrected chi connectivity index (χ3v) is 4.89.